The van der Waals surface area contributed by atoms with Gasteiger partial charge in [0.1, 0.15) is 0 Å². The molecule has 0 aromatic carbocycles. The first-order chi connectivity index (χ1) is 7.33. The van der Waals surface area contributed by atoms with Crippen molar-refractivity contribution in [2.24, 2.45) is 5.92 Å². The Morgan fingerprint density at radius 1 is 1.73 bits per heavy atom. The van der Waals surface area contributed by atoms with Gasteiger partial charge in [0.2, 0.25) is 5.78 Å². The molecule has 1 fully saturated rings. The van der Waals surface area contributed by atoms with E-state index in [1.807, 2.05) is 17.7 Å². The Bertz CT molecular complexity index is 340. The number of aromatic nitrogens is 2. The van der Waals surface area contributed by atoms with Gasteiger partial charge in [-0.15, -0.1) is 0 Å². The Morgan fingerprint density at radius 2 is 2.60 bits per heavy atom. The van der Waals surface area contributed by atoms with E-state index in [4.69, 9.17) is 4.74 Å². The number of Topliss-reactive ketones (excluding diaryl/α,β-unsaturated/α-hetero) is 1. The average molecular weight is 208 g/mol. The molecule has 1 aromatic rings. The number of ketones is 1. The smallest absolute Gasteiger partial charge is 0.203 e. The predicted octanol–water partition coefficient (Wildman–Crippen LogP) is 1.51. The molecule has 1 atom stereocenters. The number of hydrogen-bond acceptors (Lipinski definition) is 3. The predicted molar refractivity (Wildman–Crippen MR) is 55.8 cm³/mol. The number of hydrogen-bond donors (Lipinski definition) is 0. The molecule has 0 N–H and O–H groups in total. The fourth-order valence-corrected chi connectivity index (χ4v) is 1.92. The van der Waals surface area contributed by atoms with Gasteiger partial charge in [-0.1, -0.05) is 0 Å². The van der Waals surface area contributed by atoms with Crippen molar-refractivity contribution in [2.75, 3.05) is 13.2 Å². The Morgan fingerprint density at radius 3 is 3.27 bits per heavy atom. The summed E-state index contributed by atoms with van der Waals surface area (Å²) < 4.78 is 7.20. The van der Waals surface area contributed by atoms with E-state index < -0.39 is 0 Å². The van der Waals surface area contributed by atoms with Gasteiger partial charge in [-0.25, -0.2) is 4.98 Å². The van der Waals surface area contributed by atoms with Crippen molar-refractivity contribution in [1.82, 2.24) is 9.55 Å². The second kappa shape index (κ2) is 4.57. The number of carbonyl (C=O) groups excluding carboxylic acids is 1. The maximum Gasteiger partial charge on any atom is 0.203 e. The third kappa shape index (κ3) is 2.09. The second-order valence-corrected chi connectivity index (χ2v) is 3.82. The van der Waals surface area contributed by atoms with Crippen LogP contribution in [0.5, 0.6) is 0 Å². The van der Waals surface area contributed by atoms with Crippen LogP contribution in [0.1, 0.15) is 30.4 Å². The Balaban J connectivity index is 2.12. The van der Waals surface area contributed by atoms with Crippen molar-refractivity contribution >= 4 is 5.78 Å². The van der Waals surface area contributed by atoms with Gasteiger partial charge in [0.25, 0.3) is 0 Å². The normalized spacial score (nSPS) is 21.5. The molecule has 15 heavy (non-hydrogen) atoms. The molecule has 1 aliphatic heterocycles. The third-order valence-corrected chi connectivity index (χ3v) is 2.81. The van der Waals surface area contributed by atoms with Crippen LogP contribution in [0, 0.1) is 5.92 Å². The van der Waals surface area contributed by atoms with Crippen LogP contribution in [0.2, 0.25) is 0 Å². The van der Waals surface area contributed by atoms with Gasteiger partial charge >= 0.3 is 0 Å². The summed E-state index contributed by atoms with van der Waals surface area (Å²) in [5, 5.41) is 0. The molecule has 1 saturated heterocycles. The van der Waals surface area contributed by atoms with Gasteiger partial charge in [0.15, 0.2) is 5.82 Å². The topological polar surface area (TPSA) is 44.1 Å². The van der Waals surface area contributed by atoms with Crippen LogP contribution >= 0.6 is 0 Å². The van der Waals surface area contributed by atoms with Gasteiger partial charge in [0.05, 0.1) is 6.61 Å². The highest BCUT2D eigenvalue weighted by atomic mass is 16.5. The molecule has 2 rings (SSSR count). The van der Waals surface area contributed by atoms with E-state index in [-0.39, 0.29) is 11.7 Å². The summed E-state index contributed by atoms with van der Waals surface area (Å²) in [6.07, 6.45) is 5.43. The lowest BCUT2D eigenvalue weighted by Gasteiger charge is -2.20. The second-order valence-electron chi connectivity index (χ2n) is 3.82. The van der Waals surface area contributed by atoms with E-state index in [2.05, 4.69) is 4.98 Å². The molecular formula is C11H16N2O2. The summed E-state index contributed by atoms with van der Waals surface area (Å²) >= 11 is 0. The maximum absolute atomic E-state index is 12.1. The third-order valence-electron chi connectivity index (χ3n) is 2.81. The molecule has 4 heteroatoms. The molecule has 0 saturated carbocycles. The number of aryl methyl sites for hydroxylation is 1. The molecule has 1 aromatic heterocycles. The average Bonchev–Trinajstić information content (AvgIpc) is 2.77. The van der Waals surface area contributed by atoms with Crippen molar-refractivity contribution < 1.29 is 9.53 Å². The van der Waals surface area contributed by atoms with Crippen molar-refractivity contribution in [3.63, 3.8) is 0 Å². The molecular weight excluding hydrogens is 192 g/mol. The first-order valence-electron chi connectivity index (χ1n) is 5.46. The molecule has 0 spiro atoms. The zero-order valence-corrected chi connectivity index (χ0v) is 8.98. The van der Waals surface area contributed by atoms with Gasteiger partial charge in [-0.05, 0) is 19.8 Å². The molecule has 1 aliphatic rings. The highest BCUT2D eigenvalue weighted by Crippen LogP contribution is 2.18. The number of imidazole rings is 1. The van der Waals surface area contributed by atoms with Crippen LogP contribution in [-0.4, -0.2) is 28.5 Å². The Kier molecular flexibility index (Phi) is 3.16. The monoisotopic (exact) mass is 208 g/mol. The van der Waals surface area contributed by atoms with Crippen molar-refractivity contribution in [3.05, 3.63) is 18.2 Å². The highest BCUT2D eigenvalue weighted by molar-refractivity contribution is 5.94. The minimum atomic E-state index is 0.00597. The van der Waals surface area contributed by atoms with Crippen LogP contribution in [0.15, 0.2) is 12.4 Å². The molecule has 0 bridgehead atoms. The summed E-state index contributed by atoms with van der Waals surface area (Å²) in [7, 11) is 0. The summed E-state index contributed by atoms with van der Waals surface area (Å²) in [6.45, 7) is 4.13. The van der Waals surface area contributed by atoms with Gasteiger partial charge in [0, 0.05) is 31.5 Å². The standard InChI is InChI=1S/C11H16N2O2/c1-2-13-6-5-12-11(13)10(14)9-4-3-7-15-8-9/h5-6,9H,2-4,7-8H2,1H3/t9-/m1/s1. The van der Waals surface area contributed by atoms with Gasteiger partial charge < -0.3 is 9.30 Å². The lowest BCUT2D eigenvalue weighted by atomic mass is 9.97. The molecule has 0 amide bonds. The van der Waals surface area contributed by atoms with E-state index in [9.17, 15) is 4.79 Å². The number of rotatable bonds is 3. The summed E-state index contributed by atoms with van der Waals surface area (Å²) in [5.74, 6) is 0.709. The van der Waals surface area contributed by atoms with Gasteiger partial charge in [-0.3, -0.25) is 4.79 Å². The lowest BCUT2D eigenvalue weighted by Crippen LogP contribution is -2.27. The zero-order chi connectivity index (χ0) is 10.7. The summed E-state index contributed by atoms with van der Waals surface area (Å²) in [4.78, 5) is 16.2. The first-order valence-corrected chi connectivity index (χ1v) is 5.46. The highest BCUT2D eigenvalue weighted by Gasteiger charge is 2.25. The van der Waals surface area contributed by atoms with Crippen molar-refractivity contribution in [1.29, 1.82) is 0 Å². The molecule has 0 radical (unpaired) electrons. The summed E-state index contributed by atoms with van der Waals surface area (Å²) in [5.41, 5.74) is 0. The Labute approximate surface area is 89.3 Å². The van der Waals surface area contributed by atoms with Crippen LogP contribution in [0.4, 0.5) is 0 Å². The minimum absolute atomic E-state index is 0.00597. The Hall–Kier alpha value is -1.16. The molecule has 82 valence electrons. The fraction of sp³-hybridized carbons (Fsp3) is 0.636. The lowest BCUT2D eigenvalue weighted by molar-refractivity contribution is 0.0452. The molecule has 0 unspecified atom stereocenters. The fourth-order valence-electron chi connectivity index (χ4n) is 1.92. The van der Waals surface area contributed by atoms with E-state index >= 15 is 0 Å². The largest absolute Gasteiger partial charge is 0.381 e. The van der Waals surface area contributed by atoms with E-state index in [1.165, 1.54) is 0 Å². The molecule has 2 heterocycles. The zero-order valence-electron chi connectivity index (χ0n) is 8.98. The van der Waals surface area contributed by atoms with Crippen LogP contribution in [0.3, 0.4) is 0 Å². The minimum Gasteiger partial charge on any atom is -0.381 e. The van der Waals surface area contributed by atoms with Crippen LogP contribution in [0.25, 0.3) is 0 Å². The maximum atomic E-state index is 12.1. The first kappa shape index (κ1) is 10.4. The number of nitrogens with zero attached hydrogens (tertiary/aromatic N) is 2. The van der Waals surface area contributed by atoms with E-state index in [0.29, 0.717) is 12.4 Å². The van der Waals surface area contributed by atoms with Crippen LogP contribution in [-0.2, 0) is 11.3 Å². The SMILES string of the molecule is CCn1ccnc1C(=O)[C@@H]1CCCOC1. The molecule has 0 aliphatic carbocycles. The van der Waals surface area contributed by atoms with Crippen molar-refractivity contribution in [3.8, 4) is 0 Å². The number of carbonyl (C=O) groups is 1. The van der Waals surface area contributed by atoms with Crippen molar-refractivity contribution in [2.45, 2.75) is 26.3 Å². The summed E-state index contributed by atoms with van der Waals surface area (Å²) in [6, 6.07) is 0. The quantitative estimate of drug-likeness (QED) is 0.707. The number of ether oxygens (including phenoxy) is 1. The van der Waals surface area contributed by atoms with Crippen LogP contribution < -0.4 is 0 Å². The van der Waals surface area contributed by atoms with E-state index in [0.717, 1.165) is 26.0 Å². The van der Waals surface area contributed by atoms with Gasteiger partial charge in [-0.2, -0.15) is 0 Å². The van der Waals surface area contributed by atoms with E-state index in [1.54, 1.807) is 6.20 Å². The molecule has 4 nitrogen and oxygen atoms in total.